The number of rotatable bonds is 4. The van der Waals surface area contributed by atoms with Crippen molar-refractivity contribution in [3.8, 4) is 0 Å². The van der Waals surface area contributed by atoms with Gasteiger partial charge < -0.3 is 9.84 Å². The largest absolute Gasteiger partial charge is 0.461 e. The number of hydrogen-bond donors (Lipinski definition) is 1. The Morgan fingerprint density at radius 2 is 1.37 bits per heavy atom. The Balaban J connectivity index is 3.28. The van der Waals surface area contributed by atoms with Crippen LogP contribution in [0.5, 0.6) is 0 Å². The fourth-order valence-electron chi connectivity index (χ4n) is 3.03. The Hall–Kier alpha value is -1.20. The van der Waals surface area contributed by atoms with Gasteiger partial charge >= 0.3 is 24.5 Å². The SMILES string of the molecule is CCC(C)(C(=O)OC1CCCCC1C(O)(C(F)(F)F)C(F)(F)F)C(F)(F)F. The molecule has 1 rings (SSSR count). The van der Waals surface area contributed by atoms with Crippen molar-refractivity contribution in [2.24, 2.45) is 11.3 Å². The standard InChI is InChI=1S/C15H19F9O3/c1-3-11(2,13(16,17)18)10(25)27-9-7-5-4-6-8(9)12(26,14(19,20)21)15(22,23)24/h8-9,26H,3-7H2,1-2H3. The molecule has 0 aromatic heterocycles. The molecule has 3 atom stereocenters. The molecule has 0 spiro atoms. The molecule has 0 radical (unpaired) electrons. The smallest absolute Gasteiger partial charge is 0.426 e. The summed E-state index contributed by atoms with van der Waals surface area (Å²) in [6.45, 7) is 1.43. The lowest BCUT2D eigenvalue weighted by Gasteiger charge is -2.44. The summed E-state index contributed by atoms with van der Waals surface area (Å²) in [5, 5.41) is 9.55. The lowest BCUT2D eigenvalue weighted by Crippen LogP contribution is -2.65. The molecular weight excluding hydrogens is 399 g/mol. The van der Waals surface area contributed by atoms with Gasteiger partial charge in [0, 0.05) is 5.92 Å². The molecule has 1 aliphatic carbocycles. The minimum atomic E-state index is -6.16. The van der Waals surface area contributed by atoms with Crippen molar-refractivity contribution >= 4 is 5.97 Å². The summed E-state index contributed by atoms with van der Waals surface area (Å²) in [5.41, 5.74) is -8.30. The van der Waals surface area contributed by atoms with Crippen LogP contribution in [0.15, 0.2) is 0 Å². The van der Waals surface area contributed by atoms with Gasteiger partial charge in [0.15, 0.2) is 5.41 Å². The molecule has 3 nitrogen and oxygen atoms in total. The Morgan fingerprint density at radius 3 is 1.74 bits per heavy atom. The maximum atomic E-state index is 13.1. The molecule has 1 fully saturated rings. The summed E-state index contributed by atoms with van der Waals surface area (Å²) in [7, 11) is 0. The summed E-state index contributed by atoms with van der Waals surface area (Å²) in [6.07, 6.45) is -21.9. The van der Waals surface area contributed by atoms with Gasteiger partial charge in [-0.25, -0.2) is 0 Å². The first-order chi connectivity index (χ1) is 11.9. The van der Waals surface area contributed by atoms with Crippen LogP contribution < -0.4 is 0 Å². The van der Waals surface area contributed by atoms with Gasteiger partial charge in [-0.3, -0.25) is 4.79 Å². The molecular formula is C15H19F9O3. The molecule has 0 aromatic rings. The van der Waals surface area contributed by atoms with Crippen LogP contribution in [0.2, 0.25) is 0 Å². The zero-order valence-corrected chi connectivity index (χ0v) is 14.4. The number of halogens is 9. The lowest BCUT2D eigenvalue weighted by atomic mass is 9.73. The molecule has 0 heterocycles. The Kier molecular flexibility index (Phi) is 6.47. The third-order valence-electron chi connectivity index (χ3n) is 5.15. The van der Waals surface area contributed by atoms with E-state index >= 15 is 0 Å². The highest BCUT2D eigenvalue weighted by Gasteiger charge is 2.75. The number of alkyl halides is 9. The average Bonchev–Trinajstić information content (AvgIpc) is 2.50. The van der Waals surface area contributed by atoms with E-state index in [4.69, 9.17) is 0 Å². The molecule has 3 unspecified atom stereocenters. The van der Waals surface area contributed by atoms with Crippen LogP contribution in [0.4, 0.5) is 39.5 Å². The first-order valence-electron chi connectivity index (χ1n) is 8.07. The van der Waals surface area contributed by atoms with Gasteiger partial charge in [0.05, 0.1) is 0 Å². The fraction of sp³-hybridized carbons (Fsp3) is 0.933. The fourth-order valence-corrected chi connectivity index (χ4v) is 3.03. The molecule has 1 saturated carbocycles. The Bertz CT molecular complexity index is 524. The highest BCUT2D eigenvalue weighted by molar-refractivity contribution is 5.77. The molecule has 0 amide bonds. The van der Waals surface area contributed by atoms with E-state index in [9.17, 15) is 49.4 Å². The summed E-state index contributed by atoms with van der Waals surface area (Å²) < 4.78 is 122. The quantitative estimate of drug-likeness (QED) is 0.521. The Morgan fingerprint density at radius 1 is 0.926 bits per heavy atom. The van der Waals surface area contributed by atoms with E-state index in [1.165, 1.54) is 0 Å². The second kappa shape index (κ2) is 7.32. The van der Waals surface area contributed by atoms with Gasteiger partial charge in [0.1, 0.15) is 6.10 Å². The van der Waals surface area contributed by atoms with Crippen molar-refractivity contribution in [3.63, 3.8) is 0 Å². The van der Waals surface area contributed by atoms with E-state index in [0.717, 1.165) is 6.92 Å². The van der Waals surface area contributed by atoms with Gasteiger partial charge in [-0.05, 0) is 32.6 Å². The summed E-state index contributed by atoms with van der Waals surface area (Å²) in [4.78, 5) is 12.0. The number of carbonyl (C=O) groups is 1. The van der Waals surface area contributed by atoms with Gasteiger partial charge in [-0.2, -0.15) is 39.5 Å². The third-order valence-corrected chi connectivity index (χ3v) is 5.15. The molecule has 12 heteroatoms. The van der Waals surface area contributed by atoms with E-state index < -0.39 is 66.8 Å². The van der Waals surface area contributed by atoms with Gasteiger partial charge in [0.25, 0.3) is 5.60 Å². The normalized spacial score (nSPS) is 25.0. The second-order valence-electron chi connectivity index (χ2n) is 6.78. The predicted octanol–water partition coefficient (Wildman–Crippen LogP) is 4.92. The highest BCUT2D eigenvalue weighted by atomic mass is 19.4. The van der Waals surface area contributed by atoms with Gasteiger partial charge in [-0.15, -0.1) is 0 Å². The second-order valence-corrected chi connectivity index (χ2v) is 6.78. The third kappa shape index (κ3) is 4.14. The highest BCUT2D eigenvalue weighted by Crippen LogP contribution is 2.52. The summed E-state index contributed by atoms with van der Waals surface area (Å²) in [6, 6.07) is 0. The molecule has 1 aliphatic rings. The minimum absolute atomic E-state index is 0.0368. The molecule has 0 aromatic carbocycles. The van der Waals surface area contributed by atoms with Gasteiger partial charge in [0.2, 0.25) is 0 Å². The topological polar surface area (TPSA) is 46.5 Å². The molecule has 1 N–H and O–H groups in total. The van der Waals surface area contributed by atoms with E-state index in [2.05, 4.69) is 4.74 Å². The van der Waals surface area contributed by atoms with Crippen molar-refractivity contribution in [1.82, 2.24) is 0 Å². The number of carbonyl (C=O) groups excluding carboxylic acids is 1. The molecule has 27 heavy (non-hydrogen) atoms. The lowest BCUT2D eigenvalue weighted by molar-refractivity contribution is -0.393. The van der Waals surface area contributed by atoms with Crippen molar-refractivity contribution < 1.29 is 54.2 Å². The monoisotopic (exact) mass is 418 g/mol. The van der Waals surface area contributed by atoms with Crippen molar-refractivity contribution in [3.05, 3.63) is 0 Å². The van der Waals surface area contributed by atoms with Crippen molar-refractivity contribution in [2.45, 2.75) is 76.2 Å². The zero-order valence-electron chi connectivity index (χ0n) is 14.4. The molecule has 0 aliphatic heterocycles. The average molecular weight is 418 g/mol. The van der Waals surface area contributed by atoms with E-state index in [-0.39, 0.29) is 12.8 Å². The van der Waals surface area contributed by atoms with E-state index in [0.29, 0.717) is 6.92 Å². The molecule has 0 saturated heterocycles. The van der Waals surface area contributed by atoms with Crippen LogP contribution in [-0.2, 0) is 9.53 Å². The number of ether oxygens (including phenoxy) is 1. The number of esters is 1. The Labute approximate surface area is 148 Å². The zero-order chi connectivity index (χ0) is 21.5. The summed E-state index contributed by atoms with van der Waals surface area (Å²) in [5.74, 6) is -4.63. The number of aliphatic hydroxyl groups is 1. The van der Waals surface area contributed by atoms with Crippen LogP contribution in [0.25, 0.3) is 0 Å². The van der Waals surface area contributed by atoms with Crippen molar-refractivity contribution in [2.75, 3.05) is 0 Å². The van der Waals surface area contributed by atoms with E-state index in [1.807, 2.05) is 0 Å². The maximum absolute atomic E-state index is 13.1. The van der Waals surface area contributed by atoms with Crippen LogP contribution in [0, 0.1) is 11.3 Å². The van der Waals surface area contributed by atoms with Crippen LogP contribution in [0.1, 0.15) is 46.0 Å². The van der Waals surface area contributed by atoms with Crippen LogP contribution >= 0.6 is 0 Å². The molecule has 160 valence electrons. The summed E-state index contributed by atoms with van der Waals surface area (Å²) >= 11 is 0. The van der Waals surface area contributed by atoms with Crippen LogP contribution in [0.3, 0.4) is 0 Å². The maximum Gasteiger partial charge on any atom is 0.426 e. The van der Waals surface area contributed by atoms with Crippen LogP contribution in [-0.4, -0.2) is 41.3 Å². The first-order valence-corrected chi connectivity index (χ1v) is 8.07. The number of hydrogen-bond acceptors (Lipinski definition) is 3. The minimum Gasteiger partial charge on any atom is -0.461 e. The van der Waals surface area contributed by atoms with Gasteiger partial charge in [-0.1, -0.05) is 13.3 Å². The van der Waals surface area contributed by atoms with Crippen molar-refractivity contribution in [1.29, 1.82) is 0 Å². The first kappa shape index (κ1) is 23.8. The predicted molar refractivity (Wildman–Crippen MR) is 73.4 cm³/mol. The molecule has 0 bridgehead atoms. The van der Waals surface area contributed by atoms with E-state index in [1.54, 1.807) is 0 Å².